The second-order valence-corrected chi connectivity index (χ2v) is 12.9. The summed E-state index contributed by atoms with van der Waals surface area (Å²) in [4.78, 5) is 61.0. The van der Waals surface area contributed by atoms with Crippen molar-refractivity contribution in [3.8, 4) is 0 Å². The molecule has 0 atom stereocenters. The summed E-state index contributed by atoms with van der Waals surface area (Å²) >= 11 is 0. The Balaban J connectivity index is 0.00000400. The van der Waals surface area contributed by atoms with Crippen LogP contribution in [0.1, 0.15) is 53.4 Å². The fraction of sp³-hybridized carbons (Fsp3) is 0.688. The molecule has 0 amide bonds. The van der Waals surface area contributed by atoms with E-state index in [1.807, 2.05) is 0 Å². The van der Waals surface area contributed by atoms with Gasteiger partial charge in [0.1, 0.15) is 0 Å². The summed E-state index contributed by atoms with van der Waals surface area (Å²) in [6, 6.07) is 0. The summed E-state index contributed by atoms with van der Waals surface area (Å²) in [5.74, 6) is 0. The van der Waals surface area contributed by atoms with Gasteiger partial charge in [-0.25, -0.2) is 19.6 Å². The number of imidazole rings is 2. The minimum atomic E-state index is -0.322. The van der Waals surface area contributed by atoms with E-state index in [1.165, 1.54) is 18.3 Å². The molecule has 4 aromatic rings. The molecule has 0 aliphatic carbocycles. The molecule has 0 spiro atoms. The molecule has 0 bridgehead atoms. The summed E-state index contributed by atoms with van der Waals surface area (Å²) in [6.07, 6.45) is 7.50. The van der Waals surface area contributed by atoms with Crippen LogP contribution in [0.25, 0.3) is 22.3 Å². The normalized spacial score (nSPS) is 12.1. The maximum atomic E-state index is 13.2. The summed E-state index contributed by atoms with van der Waals surface area (Å²) in [5, 5.41) is 0. The first-order valence-corrected chi connectivity index (χ1v) is 16.8. The zero-order valence-electron chi connectivity index (χ0n) is 29.9. The minimum absolute atomic E-state index is 0. The van der Waals surface area contributed by atoms with Gasteiger partial charge in [0.05, 0.1) is 78.1 Å². The Hall–Kier alpha value is -2.82. The molecule has 0 fully saturated rings. The van der Waals surface area contributed by atoms with Gasteiger partial charge in [0.2, 0.25) is 0 Å². The molecule has 0 unspecified atom stereocenters. The Morgan fingerprint density at radius 1 is 0.542 bits per heavy atom. The third-order valence-electron chi connectivity index (χ3n) is 10.7. The van der Waals surface area contributed by atoms with E-state index in [0.29, 0.717) is 35.4 Å². The molecule has 0 aliphatic heterocycles. The number of nitrogens with zero attached hydrogens (tertiary/aromatic N) is 10. The Kier molecular flexibility index (Phi) is 14.8. The van der Waals surface area contributed by atoms with Crippen molar-refractivity contribution in [2.45, 2.75) is 66.5 Å². The number of hydrogen-bond acceptors (Lipinski definition) is 6. The van der Waals surface area contributed by atoms with Gasteiger partial charge in [-0.05, 0) is 53.4 Å². The largest absolute Gasteiger partial charge is 1.00 e. The van der Waals surface area contributed by atoms with Gasteiger partial charge < -0.3 is 52.1 Å². The van der Waals surface area contributed by atoms with E-state index in [9.17, 15) is 19.2 Å². The van der Waals surface area contributed by atoms with Crippen LogP contribution < -0.4 is 56.5 Å². The third-order valence-corrected chi connectivity index (χ3v) is 10.7. The molecule has 0 saturated carbocycles. The Morgan fingerprint density at radius 3 is 1.19 bits per heavy atom. The van der Waals surface area contributed by atoms with Crippen LogP contribution in [0.4, 0.5) is 0 Å². The Bertz CT molecular complexity index is 1770. The number of quaternary nitrogens is 2. The lowest BCUT2D eigenvalue weighted by Gasteiger charge is -2.38. The zero-order chi connectivity index (χ0) is 33.8. The van der Waals surface area contributed by atoms with Crippen molar-refractivity contribution in [3.05, 3.63) is 54.3 Å². The number of aromatic nitrogens is 8. The molecule has 14 nitrogen and oxygen atoms in total. The summed E-state index contributed by atoms with van der Waals surface area (Å²) in [5.41, 5.74) is 0.531. The SMILES string of the molecule is CC[N+](CC)(CCCCCC[N+](CC)(CC)CCn1c(=O)c2c(ncn2C)n(C)c1=O)CCn1c(=O)c2c(ncn2C)n(C)c1=O.[Br-].[Br-]. The highest BCUT2D eigenvalue weighted by atomic mass is 79.9. The van der Waals surface area contributed by atoms with Crippen LogP contribution >= 0.6 is 0 Å². The van der Waals surface area contributed by atoms with Crippen molar-refractivity contribution >= 4 is 22.3 Å². The topological polar surface area (TPSA) is 124 Å². The van der Waals surface area contributed by atoms with Crippen molar-refractivity contribution in [2.75, 3.05) is 52.4 Å². The van der Waals surface area contributed by atoms with E-state index in [0.717, 1.165) is 87.0 Å². The molecule has 48 heavy (non-hydrogen) atoms. The zero-order valence-corrected chi connectivity index (χ0v) is 33.1. The Labute approximate surface area is 302 Å². The molecule has 0 aromatic carbocycles. The standard InChI is InChI=1S/C32H54N10O4.2BrH/c1-9-41(10-2,21-17-39-29(43)25-27(33-23-35(25)5)37(7)31(39)45)19-15-13-14-16-20-42(11-3,12-4)22-18-40-30(44)26-28(34-24-36(26)6)38(8)32(40)46;;/h23-24H,9-22H2,1-8H3;2*1H/q+2;;/p-2. The molecule has 0 N–H and O–H groups in total. The fourth-order valence-corrected chi connectivity index (χ4v) is 6.99. The molecule has 0 saturated heterocycles. The second kappa shape index (κ2) is 17.2. The van der Waals surface area contributed by atoms with Gasteiger partial charge in [0.25, 0.3) is 11.1 Å². The highest BCUT2D eigenvalue weighted by Crippen LogP contribution is 2.15. The van der Waals surface area contributed by atoms with Gasteiger partial charge in [0.15, 0.2) is 22.3 Å². The van der Waals surface area contributed by atoms with E-state index in [4.69, 9.17) is 0 Å². The van der Waals surface area contributed by atoms with E-state index >= 15 is 0 Å². The van der Waals surface area contributed by atoms with Crippen LogP contribution in [0.5, 0.6) is 0 Å². The van der Waals surface area contributed by atoms with Crippen molar-refractivity contribution in [2.24, 2.45) is 28.2 Å². The quantitative estimate of drug-likeness (QED) is 0.0781. The number of unbranched alkanes of at least 4 members (excludes halogenated alkanes) is 3. The monoisotopic (exact) mass is 800 g/mol. The van der Waals surface area contributed by atoms with Crippen LogP contribution in [-0.4, -0.2) is 98.7 Å². The minimum Gasteiger partial charge on any atom is -1.00 e. The van der Waals surface area contributed by atoms with Gasteiger partial charge in [-0.3, -0.25) is 27.9 Å². The predicted octanol–water partition coefficient (Wildman–Crippen LogP) is -4.84. The molecule has 4 heterocycles. The first-order valence-electron chi connectivity index (χ1n) is 16.8. The fourth-order valence-electron chi connectivity index (χ4n) is 6.99. The average Bonchev–Trinajstić information content (AvgIpc) is 3.65. The van der Waals surface area contributed by atoms with Crippen LogP contribution in [0.3, 0.4) is 0 Å². The summed E-state index contributed by atoms with van der Waals surface area (Å²) < 4.78 is 10.7. The lowest BCUT2D eigenvalue weighted by atomic mass is 10.1. The number of rotatable bonds is 17. The molecule has 270 valence electrons. The lowest BCUT2D eigenvalue weighted by Crippen LogP contribution is -3.00. The maximum Gasteiger partial charge on any atom is 0.332 e. The van der Waals surface area contributed by atoms with Gasteiger partial charge >= 0.3 is 11.4 Å². The number of fused-ring (bicyclic) bond motifs is 2. The maximum absolute atomic E-state index is 13.2. The number of aryl methyl sites for hydroxylation is 4. The van der Waals surface area contributed by atoms with Gasteiger partial charge in [-0.2, -0.15) is 0 Å². The van der Waals surface area contributed by atoms with E-state index in [1.54, 1.807) is 50.0 Å². The molecular formula is C32H54Br2N10O4. The van der Waals surface area contributed by atoms with Crippen LogP contribution in [0, 0.1) is 0 Å². The highest BCUT2D eigenvalue weighted by Gasteiger charge is 2.26. The van der Waals surface area contributed by atoms with Gasteiger partial charge in [-0.15, -0.1) is 0 Å². The average molecular weight is 803 g/mol. The van der Waals surface area contributed by atoms with E-state index in [2.05, 4.69) is 37.7 Å². The first-order chi connectivity index (χ1) is 21.9. The van der Waals surface area contributed by atoms with E-state index in [-0.39, 0.29) is 56.5 Å². The van der Waals surface area contributed by atoms with Crippen LogP contribution in [0.15, 0.2) is 31.8 Å². The first kappa shape index (κ1) is 41.4. The molecule has 4 rings (SSSR count). The predicted molar refractivity (Wildman–Crippen MR) is 181 cm³/mol. The highest BCUT2D eigenvalue weighted by molar-refractivity contribution is 5.70. The molecule has 4 aromatic heterocycles. The van der Waals surface area contributed by atoms with Crippen molar-refractivity contribution in [1.29, 1.82) is 0 Å². The van der Waals surface area contributed by atoms with Crippen molar-refractivity contribution in [3.63, 3.8) is 0 Å². The number of hydrogen-bond donors (Lipinski definition) is 0. The Morgan fingerprint density at radius 2 is 0.875 bits per heavy atom. The molecule has 16 heteroatoms. The molecular weight excluding hydrogens is 748 g/mol. The number of likely N-dealkylation sites (N-methyl/N-ethyl adjacent to an activating group) is 2. The summed E-state index contributed by atoms with van der Waals surface area (Å²) in [6.45, 7) is 16.7. The number of halogens is 2. The van der Waals surface area contributed by atoms with Crippen LogP contribution in [-0.2, 0) is 41.3 Å². The van der Waals surface area contributed by atoms with Gasteiger partial charge in [-0.1, -0.05) is 0 Å². The third kappa shape index (κ3) is 7.97. The van der Waals surface area contributed by atoms with Gasteiger partial charge in [0, 0.05) is 28.2 Å². The van der Waals surface area contributed by atoms with E-state index < -0.39 is 0 Å². The van der Waals surface area contributed by atoms with Crippen LogP contribution in [0.2, 0.25) is 0 Å². The summed E-state index contributed by atoms with van der Waals surface area (Å²) in [7, 11) is 6.89. The smallest absolute Gasteiger partial charge is 0.332 e. The lowest BCUT2D eigenvalue weighted by molar-refractivity contribution is -0.926. The van der Waals surface area contributed by atoms with Crippen molar-refractivity contribution in [1.82, 2.24) is 37.4 Å². The molecule has 0 aliphatic rings. The second-order valence-electron chi connectivity index (χ2n) is 12.9. The van der Waals surface area contributed by atoms with Crippen molar-refractivity contribution < 1.29 is 42.9 Å². The molecule has 0 radical (unpaired) electrons.